The van der Waals surface area contributed by atoms with E-state index in [0.29, 0.717) is 10.9 Å². The molecule has 1 aliphatic carbocycles. The van der Waals surface area contributed by atoms with Gasteiger partial charge in [-0.15, -0.1) is 0 Å². The maximum absolute atomic E-state index is 6.13. The Labute approximate surface area is 120 Å². The largest absolute Gasteiger partial charge is 0.496 e. The maximum atomic E-state index is 6.13. The van der Waals surface area contributed by atoms with Gasteiger partial charge in [0.2, 0.25) is 0 Å². The summed E-state index contributed by atoms with van der Waals surface area (Å²) in [6.45, 7) is 4.62. The van der Waals surface area contributed by atoms with E-state index in [1.807, 2.05) is 18.2 Å². The molecule has 106 valence electrons. The molecule has 3 nitrogen and oxygen atoms in total. The van der Waals surface area contributed by atoms with E-state index in [-0.39, 0.29) is 11.5 Å². The van der Waals surface area contributed by atoms with Crippen LogP contribution in [0.1, 0.15) is 44.7 Å². The summed E-state index contributed by atoms with van der Waals surface area (Å²) in [5.41, 5.74) is 4.31. The van der Waals surface area contributed by atoms with Crippen molar-refractivity contribution in [2.45, 2.75) is 39.2 Å². The van der Waals surface area contributed by atoms with Crippen LogP contribution >= 0.6 is 11.6 Å². The Bertz CT molecular complexity index is 448. The average Bonchev–Trinajstić information content (AvgIpc) is 2.71. The fourth-order valence-corrected chi connectivity index (χ4v) is 3.52. The third-order valence-corrected chi connectivity index (χ3v) is 4.68. The van der Waals surface area contributed by atoms with Crippen molar-refractivity contribution in [3.05, 3.63) is 28.8 Å². The monoisotopic (exact) mass is 282 g/mol. The van der Waals surface area contributed by atoms with E-state index in [2.05, 4.69) is 19.3 Å². The molecule has 1 saturated carbocycles. The lowest BCUT2D eigenvalue weighted by Crippen LogP contribution is -2.38. The molecule has 4 heteroatoms. The second-order valence-electron chi connectivity index (χ2n) is 6.02. The summed E-state index contributed by atoms with van der Waals surface area (Å²) in [7, 11) is 1.68. The van der Waals surface area contributed by atoms with E-state index in [9.17, 15) is 0 Å². The molecule has 2 unspecified atom stereocenters. The quantitative estimate of drug-likeness (QED) is 0.654. The van der Waals surface area contributed by atoms with E-state index in [0.717, 1.165) is 11.3 Å². The number of halogens is 1. The molecule has 0 aliphatic heterocycles. The van der Waals surface area contributed by atoms with E-state index < -0.39 is 0 Å². The highest BCUT2D eigenvalue weighted by molar-refractivity contribution is 6.30. The number of hydrogen-bond donors (Lipinski definition) is 2. The van der Waals surface area contributed by atoms with Crippen LogP contribution in [-0.2, 0) is 0 Å². The number of nitrogens with one attached hydrogen (secondary N) is 1. The summed E-state index contributed by atoms with van der Waals surface area (Å²) in [6.07, 6.45) is 3.66. The predicted molar refractivity (Wildman–Crippen MR) is 79.2 cm³/mol. The van der Waals surface area contributed by atoms with Crippen molar-refractivity contribution in [1.29, 1.82) is 0 Å². The van der Waals surface area contributed by atoms with Crippen LogP contribution in [-0.4, -0.2) is 7.11 Å². The molecule has 1 fully saturated rings. The molecule has 0 spiro atoms. The molecular weight excluding hydrogens is 260 g/mol. The Hall–Kier alpha value is -0.770. The van der Waals surface area contributed by atoms with Gasteiger partial charge < -0.3 is 4.74 Å². The van der Waals surface area contributed by atoms with Crippen LogP contribution in [0.5, 0.6) is 5.75 Å². The predicted octanol–water partition coefficient (Wildman–Crippen LogP) is 3.68. The van der Waals surface area contributed by atoms with Gasteiger partial charge >= 0.3 is 0 Å². The van der Waals surface area contributed by atoms with Crippen molar-refractivity contribution in [3.8, 4) is 5.75 Å². The van der Waals surface area contributed by atoms with Crippen molar-refractivity contribution in [3.63, 3.8) is 0 Å². The lowest BCUT2D eigenvalue weighted by Gasteiger charge is -2.34. The molecule has 0 heterocycles. The first kappa shape index (κ1) is 14.6. The minimum Gasteiger partial charge on any atom is -0.496 e. The van der Waals surface area contributed by atoms with Crippen LogP contribution in [0.15, 0.2) is 18.2 Å². The Morgan fingerprint density at radius 1 is 1.47 bits per heavy atom. The number of ether oxygens (including phenoxy) is 1. The van der Waals surface area contributed by atoms with Crippen LogP contribution in [0.25, 0.3) is 0 Å². The average molecular weight is 283 g/mol. The molecule has 2 rings (SSSR count). The van der Waals surface area contributed by atoms with Gasteiger partial charge in [0.15, 0.2) is 0 Å². The summed E-state index contributed by atoms with van der Waals surface area (Å²) in [5, 5.41) is 0.715. The SMILES string of the molecule is COc1ccc(Cl)cc1C(NN)C1CCCC1(C)C. The number of hydrazine groups is 1. The minimum absolute atomic E-state index is 0.0751. The molecule has 1 aromatic rings. The van der Waals surface area contributed by atoms with Crippen LogP contribution in [0.3, 0.4) is 0 Å². The molecule has 1 aliphatic rings. The van der Waals surface area contributed by atoms with Crippen LogP contribution in [0, 0.1) is 11.3 Å². The molecule has 3 N–H and O–H groups in total. The van der Waals surface area contributed by atoms with E-state index in [4.69, 9.17) is 22.2 Å². The molecule has 2 atom stereocenters. The standard InChI is InChI=1S/C15H23ClN2O/c1-15(2)8-4-5-12(15)14(18-17)11-9-10(16)6-7-13(11)19-3/h6-7,9,12,14,18H,4-5,8,17H2,1-3H3. The van der Waals surface area contributed by atoms with Gasteiger partial charge in [0.05, 0.1) is 13.2 Å². The molecule has 0 radical (unpaired) electrons. The molecule has 0 saturated heterocycles. The fraction of sp³-hybridized carbons (Fsp3) is 0.600. The number of hydrogen-bond acceptors (Lipinski definition) is 3. The summed E-state index contributed by atoms with van der Waals surface area (Å²) in [6, 6.07) is 5.78. The zero-order chi connectivity index (χ0) is 14.0. The fourth-order valence-electron chi connectivity index (χ4n) is 3.34. The third kappa shape index (κ3) is 2.88. The number of rotatable bonds is 4. The zero-order valence-corrected chi connectivity index (χ0v) is 12.6. The van der Waals surface area contributed by atoms with Gasteiger partial charge in [-0.25, -0.2) is 0 Å². The lowest BCUT2D eigenvalue weighted by molar-refractivity contribution is 0.195. The molecule has 0 aromatic heterocycles. The maximum Gasteiger partial charge on any atom is 0.123 e. The van der Waals surface area contributed by atoms with Gasteiger partial charge in [-0.3, -0.25) is 11.3 Å². The Morgan fingerprint density at radius 2 is 2.21 bits per heavy atom. The summed E-state index contributed by atoms with van der Waals surface area (Å²) < 4.78 is 5.46. The molecular formula is C15H23ClN2O. The Kier molecular flexibility index (Phi) is 4.39. The highest BCUT2D eigenvalue weighted by atomic mass is 35.5. The highest BCUT2D eigenvalue weighted by Crippen LogP contribution is 2.49. The normalized spacial score (nSPS) is 23.3. The topological polar surface area (TPSA) is 47.3 Å². The molecule has 1 aromatic carbocycles. The number of methoxy groups -OCH3 is 1. The van der Waals surface area contributed by atoms with Gasteiger partial charge in [0, 0.05) is 10.6 Å². The lowest BCUT2D eigenvalue weighted by atomic mass is 9.75. The summed E-state index contributed by atoms with van der Waals surface area (Å²) >= 11 is 6.13. The van der Waals surface area contributed by atoms with Crippen LogP contribution in [0.2, 0.25) is 5.02 Å². The van der Waals surface area contributed by atoms with Gasteiger partial charge in [0.25, 0.3) is 0 Å². The van der Waals surface area contributed by atoms with E-state index in [1.165, 1.54) is 19.3 Å². The first-order valence-corrected chi connectivity index (χ1v) is 7.17. The Morgan fingerprint density at radius 3 is 2.74 bits per heavy atom. The van der Waals surface area contributed by atoms with Crippen molar-refractivity contribution in [1.82, 2.24) is 5.43 Å². The van der Waals surface area contributed by atoms with Crippen molar-refractivity contribution in [2.24, 2.45) is 17.2 Å². The van der Waals surface area contributed by atoms with Crippen molar-refractivity contribution < 1.29 is 4.74 Å². The zero-order valence-electron chi connectivity index (χ0n) is 11.9. The van der Waals surface area contributed by atoms with E-state index in [1.54, 1.807) is 7.11 Å². The van der Waals surface area contributed by atoms with Gasteiger partial charge in [-0.1, -0.05) is 31.9 Å². The smallest absolute Gasteiger partial charge is 0.123 e. The van der Waals surface area contributed by atoms with Crippen LogP contribution in [0.4, 0.5) is 0 Å². The highest BCUT2D eigenvalue weighted by Gasteiger charge is 2.40. The summed E-state index contributed by atoms with van der Waals surface area (Å²) in [5.74, 6) is 7.16. The summed E-state index contributed by atoms with van der Waals surface area (Å²) in [4.78, 5) is 0. The van der Waals surface area contributed by atoms with E-state index >= 15 is 0 Å². The first-order chi connectivity index (χ1) is 8.99. The second kappa shape index (κ2) is 5.70. The molecule has 19 heavy (non-hydrogen) atoms. The van der Waals surface area contributed by atoms with Gasteiger partial charge in [0.1, 0.15) is 5.75 Å². The minimum atomic E-state index is 0.0751. The van der Waals surface area contributed by atoms with Crippen LogP contribution < -0.4 is 16.0 Å². The first-order valence-electron chi connectivity index (χ1n) is 6.79. The third-order valence-electron chi connectivity index (χ3n) is 4.45. The Balaban J connectivity index is 2.39. The second-order valence-corrected chi connectivity index (χ2v) is 6.45. The van der Waals surface area contributed by atoms with Crippen molar-refractivity contribution in [2.75, 3.05) is 7.11 Å². The molecule has 0 bridgehead atoms. The number of nitrogens with two attached hydrogens (primary N) is 1. The molecule has 0 amide bonds. The number of benzene rings is 1. The van der Waals surface area contributed by atoms with Gasteiger partial charge in [-0.2, -0.15) is 0 Å². The van der Waals surface area contributed by atoms with Crippen molar-refractivity contribution >= 4 is 11.6 Å². The van der Waals surface area contributed by atoms with Gasteiger partial charge in [-0.05, 0) is 42.4 Å².